The van der Waals surface area contributed by atoms with Crippen molar-refractivity contribution in [2.24, 2.45) is 5.92 Å². The zero-order valence-electron chi connectivity index (χ0n) is 12.2. The molecule has 0 atom stereocenters. The van der Waals surface area contributed by atoms with Crippen molar-refractivity contribution < 1.29 is 4.79 Å². The summed E-state index contributed by atoms with van der Waals surface area (Å²) in [6.07, 6.45) is 1.96. The number of hydrogen-bond acceptors (Lipinski definition) is 4. The van der Waals surface area contributed by atoms with Crippen LogP contribution < -0.4 is 10.6 Å². The number of carbonyl (C=O) groups excluding carboxylic acids is 1. The minimum Gasteiger partial charge on any atom is -0.339 e. The molecule has 1 aliphatic rings. The molecule has 1 saturated carbocycles. The van der Waals surface area contributed by atoms with Crippen LogP contribution in [0.5, 0.6) is 0 Å². The first-order valence-electron chi connectivity index (χ1n) is 7.11. The highest BCUT2D eigenvalue weighted by Crippen LogP contribution is 2.30. The molecule has 1 amide bonds. The van der Waals surface area contributed by atoms with E-state index in [9.17, 15) is 4.79 Å². The van der Waals surface area contributed by atoms with Gasteiger partial charge in [0.1, 0.15) is 0 Å². The van der Waals surface area contributed by atoms with Crippen LogP contribution in [0, 0.1) is 19.8 Å². The lowest BCUT2D eigenvalue weighted by Crippen LogP contribution is -2.14. The van der Waals surface area contributed by atoms with Gasteiger partial charge in [-0.05, 0) is 56.0 Å². The number of carbonyl (C=O) groups is 1. The molecule has 0 bridgehead atoms. The average molecular weight is 282 g/mol. The molecule has 1 heterocycles. The van der Waals surface area contributed by atoms with E-state index in [1.165, 1.54) is 5.56 Å². The van der Waals surface area contributed by atoms with Gasteiger partial charge in [0, 0.05) is 11.6 Å². The molecule has 0 aliphatic heterocycles. The fraction of sp³-hybridized carbons (Fsp3) is 0.312. The van der Waals surface area contributed by atoms with Crippen LogP contribution in [0.4, 0.5) is 17.3 Å². The Kier molecular flexibility index (Phi) is 3.56. The molecule has 0 spiro atoms. The van der Waals surface area contributed by atoms with Crippen LogP contribution in [0.25, 0.3) is 0 Å². The largest absolute Gasteiger partial charge is 0.339 e. The minimum atomic E-state index is 0.0412. The summed E-state index contributed by atoms with van der Waals surface area (Å²) < 4.78 is 0. The molecule has 0 radical (unpaired) electrons. The van der Waals surface area contributed by atoms with Gasteiger partial charge in [0.2, 0.25) is 5.91 Å². The predicted octanol–water partition coefficient (Wildman–Crippen LogP) is 3.19. The summed E-state index contributed by atoms with van der Waals surface area (Å²) in [6.45, 7) is 4.09. The topological polar surface area (TPSA) is 66.9 Å². The molecule has 5 nitrogen and oxygen atoms in total. The van der Waals surface area contributed by atoms with Crippen LogP contribution in [0.15, 0.2) is 30.3 Å². The van der Waals surface area contributed by atoms with E-state index < -0.39 is 0 Å². The quantitative estimate of drug-likeness (QED) is 0.903. The Balaban J connectivity index is 1.68. The molecule has 108 valence electrons. The Hall–Kier alpha value is -2.43. The molecular formula is C16H18N4O. The van der Waals surface area contributed by atoms with Gasteiger partial charge in [-0.2, -0.15) is 0 Å². The lowest BCUT2D eigenvalue weighted by Gasteiger charge is -2.10. The van der Waals surface area contributed by atoms with Crippen LogP contribution in [0.3, 0.4) is 0 Å². The summed E-state index contributed by atoms with van der Waals surface area (Å²) in [5.41, 5.74) is 3.34. The van der Waals surface area contributed by atoms with Crippen molar-refractivity contribution in [2.75, 3.05) is 10.6 Å². The summed E-state index contributed by atoms with van der Waals surface area (Å²) in [5, 5.41) is 14.2. The SMILES string of the molecule is Cc1ccc(C)c(Nc2ccc(NC(=O)C3CC3)nn2)c1. The Morgan fingerprint density at radius 1 is 1.10 bits per heavy atom. The average Bonchev–Trinajstić information content (AvgIpc) is 3.29. The standard InChI is InChI=1S/C16H18N4O/c1-10-3-4-11(2)13(9-10)17-14-7-8-15(20-19-14)18-16(21)12-5-6-12/h3-4,7-9,12H,5-6H2,1-2H3,(H,17,19)(H,18,20,21). The van der Waals surface area contributed by atoms with Crippen molar-refractivity contribution in [2.45, 2.75) is 26.7 Å². The molecule has 3 rings (SSSR count). The number of benzene rings is 1. The molecule has 1 aliphatic carbocycles. The fourth-order valence-electron chi connectivity index (χ4n) is 2.05. The van der Waals surface area contributed by atoms with E-state index in [1.54, 1.807) is 6.07 Å². The third-order valence-corrected chi connectivity index (χ3v) is 3.52. The number of hydrogen-bond donors (Lipinski definition) is 2. The third-order valence-electron chi connectivity index (χ3n) is 3.52. The molecule has 1 aromatic carbocycles. The third kappa shape index (κ3) is 3.37. The van der Waals surface area contributed by atoms with Gasteiger partial charge >= 0.3 is 0 Å². The van der Waals surface area contributed by atoms with Crippen LogP contribution in [-0.2, 0) is 4.79 Å². The van der Waals surface area contributed by atoms with E-state index >= 15 is 0 Å². The zero-order chi connectivity index (χ0) is 14.8. The van der Waals surface area contributed by atoms with Crippen molar-refractivity contribution in [1.82, 2.24) is 10.2 Å². The van der Waals surface area contributed by atoms with Crippen LogP contribution in [-0.4, -0.2) is 16.1 Å². The van der Waals surface area contributed by atoms with Crippen LogP contribution >= 0.6 is 0 Å². The first kappa shape index (κ1) is 13.5. The zero-order valence-corrected chi connectivity index (χ0v) is 12.2. The number of rotatable bonds is 4. The van der Waals surface area contributed by atoms with Gasteiger partial charge in [0.25, 0.3) is 0 Å². The molecule has 1 aromatic heterocycles. The highest BCUT2D eigenvalue weighted by Gasteiger charge is 2.29. The summed E-state index contributed by atoms with van der Waals surface area (Å²) >= 11 is 0. The van der Waals surface area contributed by atoms with E-state index in [0.717, 1.165) is 24.1 Å². The van der Waals surface area contributed by atoms with Crippen LogP contribution in [0.2, 0.25) is 0 Å². The Morgan fingerprint density at radius 3 is 2.48 bits per heavy atom. The number of anilines is 3. The summed E-state index contributed by atoms with van der Waals surface area (Å²) in [6, 6.07) is 9.79. The van der Waals surface area contributed by atoms with Crippen molar-refractivity contribution >= 4 is 23.2 Å². The van der Waals surface area contributed by atoms with Gasteiger partial charge in [-0.3, -0.25) is 4.79 Å². The van der Waals surface area contributed by atoms with Gasteiger partial charge in [0.05, 0.1) is 0 Å². The molecule has 2 aromatic rings. The summed E-state index contributed by atoms with van der Waals surface area (Å²) in [7, 11) is 0. The second kappa shape index (κ2) is 5.52. The van der Waals surface area contributed by atoms with Gasteiger partial charge < -0.3 is 10.6 Å². The molecule has 0 unspecified atom stereocenters. The maximum Gasteiger partial charge on any atom is 0.228 e. The highest BCUT2D eigenvalue weighted by molar-refractivity contribution is 5.93. The highest BCUT2D eigenvalue weighted by atomic mass is 16.2. The monoisotopic (exact) mass is 282 g/mol. The Labute approximate surface area is 123 Å². The Bertz CT molecular complexity index is 662. The van der Waals surface area contributed by atoms with Crippen molar-refractivity contribution in [1.29, 1.82) is 0 Å². The van der Waals surface area contributed by atoms with Gasteiger partial charge in [-0.15, -0.1) is 10.2 Å². The molecule has 2 N–H and O–H groups in total. The number of nitrogens with one attached hydrogen (secondary N) is 2. The first-order chi connectivity index (χ1) is 10.1. The molecular weight excluding hydrogens is 264 g/mol. The molecule has 1 fully saturated rings. The number of aryl methyl sites for hydroxylation is 2. The lowest BCUT2D eigenvalue weighted by molar-refractivity contribution is -0.117. The maximum absolute atomic E-state index is 11.6. The normalized spacial score (nSPS) is 13.8. The Morgan fingerprint density at radius 2 is 1.81 bits per heavy atom. The second-order valence-corrected chi connectivity index (χ2v) is 5.51. The van der Waals surface area contributed by atoms with Gasteiger partial charge in [-0.1, -0.05) is 12.1 Å². The van der Waals surface area contributed by atoms with Crippen molar-refractivity contribution in [3.8, 4) is 0 Å². The number of nitrogens with zero attached hydrogens (tertiary/aromatic N) is 2. The van der Waals surface area contributed by atoms with Crippen molar-refractivity contribution in [3.05, 3.63) is 41.5 Å². The van der Waals surface area contributed by atoms with E-state index in [-0.39, 0.29) is 11.8 Å². The van der Waals surface area contributed by atoms with Gasteiger partial charge in [0.15, 0.2) is 11.6 Å². The van der Waals surface area contributed by atoms with E-state index in [2.05, 4.69) is 39.0 Å². The lowest BCUT2D eigenvalue weighted by atomic mass is 10.1. The molecule has 0 saturated heterocycles. The molecule has 5 heteroatoms. The van der Waals surface area contributed by atoms with E-state index in [0.29, 0.717) is 11.6 Å². The second-order valence-electron chi connectivity index (χ2n) is 5.51. The first-order valence-corrected chi connectivity index (χ1v) is 7.11. The maximum atomic E-state index is 11.6. The summed E-state index contributed by atoms with van der Waals surface area (Å²) in [4.78, 5) is 11.6. The fourth-order valence-corrected chi connectivity index (χ4v) is 2.05. The van der Waals surface area contributed by atoms with Gasteiger partial charge in [-0.25, -0.2) is 0 Å². The number of amides is 1. The predicted molar refractivity (Wildman–Crippen MR) is 82.6 cm³/mol. The van der Waals surface area contributed by atoms with E-state index in [4.69, 9.17) is 0 Å². The van der Waals surface area contributed by atoms with E-state index in [1.807, 2.05) is 19.9 Å². The van der Waals surface area contributed by atoms with Crippen molar-refractivity contribution in [3.63, 3.8) is 0 Å². The minimum absolute atomic E-state index is 0.0412. The van der Waals surface area contributed by atoms with Crippen LogP contribution in [0.1, 0.15) is 24.0 Å². The molecule has 21 heavy (non-hydrogen) atoms. The smallest absolute Gasteiger partial charge is 0.228 e. The number of aromatic nitrogens is 2. The summed E-state index contributed by atoms with van der Waals surface area (Å²) in [5.74, 6) is 1.37.